The maximum atomic E-state index is 13.0. The van der Waals surface area contributed by atoms with E-state index in [2.05, 4.69) is 31.3 Å². The van der Waals surface area contributed by atoms with Crippen LogP contribution in [0.5, 0.6) is 0 Å². The third-order valence-corrected chi connectivity index (χ3v) is 10.6. The van der Waals surface area contributed by atoms with Crippen LogP contribution in [-0.2, 0) is 14.3 Å². The Labute approximate surface area is 322 Å². The monoisotopic (exact) mass is 760 g/mol. The third kappa shape index (κ3) is 23.5. The number of nitrogens with one attached hydrogen (secondary N) is 1. The molecule has 1 fully saturated rings. The maximum Gasteiger partial charge on any atom is 0.249 e. The number of unbranched alkanes of at least 4 members (excludes halogenated alkanes) is 21. The molecule has 0 saturated carbocycles. The molecule has 0 aromatic carbocycles. The first-order valence-electron chi connectivity index (χ1n) is 21.6. The van der Waals surface area contributed by atoms with E-state index in [1.165, 1.54) is 103 Å². The molecule has 0 bridgehead atoms. The van der Waals surface area contributed by atoms with Gasteiger partial charge in [0, 0.05) is 0 Å². The van der Waals surface area contributed by atoms with Crippen LogP contribution in [0.2, 0.25) is 0 Å². The molecule has 1 unspecified atom stereocenters. The summed E-state index contributed by atoms with van der Waals surface area (Å²) in [7, 11) is 0. The summed E-state index contributed by atoms with van der Waals surface area (Å²) in [6, 6.07) is -1.18. The Bertz CT molecular complexity index is 877. The third-order valence-electron chi connectivity index (χ3n) is 10.6. The first kappa shape index (κ1) is 49.9. The van der Waals surface area contributed by atoms with E-state index in [1.807, 2.05) is 0 Å². The van der Waals surface area contributed by atoms with Crippen molar-refractivity contribution in [3.8, 4) is 0 Å². The van der Waals surface area contributed by atoms with Crippen molar-refractivity contribution in [1.82, 2.24) is 5.32 Å². The topological polar surface area (TPSA) is 189 Å². The van der Waals surface area contributed by atoms with Crippen molar-refractivity contribution in [3.05, 3.63) is 12.2 Å². The summed E-state index contributed by atoms with van der Waals surface area (Å²) in [5.41, 5.74) is 0. The summed E-state index contributed by atoms with van der Waals surface area (Å²) in [5.74, 6) is -0.707. The Morgan fingerprint density at radius 2 is 1.11 bits per heavy atom. The number of carbonyl (C=O) groups is 1. The van der Waals surface area contributed by atoms with Gasteiger partial charge in [-0.25, -0.2) is 0 Å². The highest BCUT2D eigenvalue weighted by Crippen LogP contribution is 2.23. The lowest BCUT2D eigenvalue weighted by Crippen LogP contribution is -2.60. The molecule has 1 aliphatic rings. The van der Waals surface area contributed by atoms with Crippen LogP contribution < -0.4 is 5.32 Å². The highest BCUT2D eigenvalue weighted by atomic mass is 16.7. The van der Waals surface area contributed by atoms with Gasteiger partial charge in [-0.05, 0) is 38.5 Å². The molecule has 1 aliphatic heterocycles. The fourth-order valence-corrected chi connectivity index (χ4v) is 6.91. The molecule has 11 heteroatoms. The van der Waals surface area contributed by atoms with E-state index in [-0.39, 0.29) is 12.8 Å². The summed E-state index contributed by atoms with van der Waals surface area (Å²) in [6.07, 6.45) is 21.2. The summed E-state index contributed by atoms with van der Waals surface area (Å²) in [5, 5.41) is 75.4. The molecular weight excluding hydrogens is 678 g/mol. The van der Waals surface area contributed by atoms with Crippen molar-refractivity contribution < 1.29 is 50.0 Å². The molecule has 9 atom stereocenters. The van der Waals surface area contributed by atoms with E-state index < -0.39 is 74.2 Å². The van der Waals surface area contributed by atoms with Gasteiger partial charge in [-0.3, -0.25) is 4.79 Å². The van der Waals surface area contributed by atoms with Crippen molar-refractivity contribution in [2.75, 3.05) is 13.2 Å². The number of rotatable bonds is 35. The lowest BCUT2D eigenvalue weighted by atomic mass is 9.98. The average molecular weight is 760 g/mol. The van der Waals surface area contributed by atoms with Crippen LogP contribution in [0, 0.1) is 0 Å². The van der Waals surface area contributed by atoms with Gasteiger partial charge in [0.2, 0.25) is 5.91 Å². The molecule has 314 valence electrons. The van der Waals surface area contributed by atoms with Crippen molar-refractivity contribution in [2.24, 2.45) is 0 Å². The summed E-state index contributed by atoms with van der Waals surface area (Å²) in [6.45, 7) is 3.39. The molecule has 8 N–H and O–H groups in total. The molecule has 0 aromatic heterocycles. The van der Waals surface area contributed by atoms with E-state index in [0.29, 0.717) is 12.8 Å². The van der Waals surface area contributed by atoms with Crippen molar-refractivity contribution in [3.63, 3.8) is 0 Å². The van der Waals surface area contributed by atoms with Gasteiger partial charge in [-0.15, -0.1) is 0 Å². The molecule has 1 amide bonds. The van der Waals surface area contributed by atoms with Gasteiger partial charge in [-0.2, -0.15) is 0 Å². The van der Waals surface area contributed by atoms with Crippen LogP contribution in [0.3, 0.4) is 0 Å². The lowest BCUT2D eigenvalue weighted by Gasteiger charge is -2.40. The second-order valence-electron chi connectivity index (χ2n) is 15.4. The zero-order valence-corrected chi connectivity index (χ0v) is 33.5. The number of carbonyl (C=O) groups excluding carboxylic acids is 1. The van der Waals surface area contributed by atoms with Gasteiger partial charge in [0.15, 0.2) is 6.29 Å². The normalized spacial score (nSPS) is 22.9. The van der Waals surface area contributed by atoms with Crippen LogP contribution in [0.1, 0.15) is 181 Å². The van der Waals surface area contributed by atoms with Gasteiger partial charge in [-0.1, -0.05) is 154 Å². The summed E-state index contributed by atoms with van der Waals surface area (Å²) in [4.78, 5) is 13.0. The van der Waals surface area contributed by atoms with E-state index in [9.17, 15) is 40.5 Å². The van der Waals surface area contributed by atoms with Gasteiger partial charge in [0.25, 0.3) is 0 Å². The molecule has 11 nitrogen and oxygen atoms in total. The SMILES string of the molecule is CCCCCCCCC/C=C\CCC[C@@H](O)[C@@H](O)[C@H](CO[C@@H]1O[C@H](CO)[C@@H](O)[C@H](O)[C@H]1O)NC(=O)C(O)CCCCCCCCCCCCCCCC. The molecule has 1 heterocycles. The number of hydrogen-bond acceptors (Lipinski definition) is 10. The van der Waals surface area contributed by atoms with E-state index in [4.69, 9.17) is 9.47 Å². The van der Waals surface area contributed by atoms with Gasteiger partial charge in [0.05, 0.1) is 25.4 Å². The number of amides is 1. The zero-order chi connectivity index (χ0) is 39.1. The molecule has 0 spiro atoms. The summed E-state index contributed by atoms with van der Waals surface area (Å²) >= 11 is 0. The van der Waals surface area contributed by atoms with Crippen molar-refractivity contribution >= 4 is 5.91 Å². The van der Waals surface area contributed by atoms with E-state index in [1.54, 1.807) is 0 Å². The fourth-order valence-electron chi connectivity index (χ4n) is 6.91. The Morgan fingerprint density at radius 3 is 1.62 bits per heavy atom. The minimum atomic E-state index is -1.66. The number of aliphatic hydroxyl groups excluding tert-OH is 7. The molecule has 0 radical (unpaired) electrons. The van der Waals surface area contributed by atoms with Crippen LogP contribution >= 0.6 is 0 Å². The standard InChI is InChI=1S/C42H81NO10/c1-3-5-7-9-11-13-15-17-18-20-22-24-26-28-30-35(46)41(51)43-33(32-52-42-40(50)39(49)38(48)36(31-44)53-42)37(47)34(45)29-27-25-23-21-19-16-14-12-10-8-6-4-2/h21,23,33-40,42,44-50H,3-20,22,24-32H2,1-2H3,(H,43,51)/b23-21-/t33-,34+,35?,36+,37-,38+,39-,40+,42+/m0/s1. The quantitative estimate of drug-likeness (QED) is 0.0277. The highest BCUT2D eigenvalue weighted by Gasteiger charge is 2.44. The number of ether oxygens (including phenoxy) is 2. The molecule has 1 rings (SSSR count). The second kappa shape index (κ2) is 33.0. The van der Waals surface area contributed by atoms with Gasteiger partial charge >= 0.3 is 0 Å². The minimum absolute atomic E-state index is 0.258. The first-order chi connectivity index (χ1) is 25.7. The Morgan fingerprint density at radius 1 is 0.642 bits per heavy atom. The Hall–Kier alpha value is -1.15. The second-order valence-corrected chi connectivity index (χ2v) is 15.4. The molecule has 0 aromatic rings. The van der Waals surface area contributed by atoms with Crippen molar-refractivity contribution in [1.29, 1.82) is 0 Å². The average Bonchev–Trinajstić information content (AvgIpc) is 3.16. The predicted octanol–water partition coefficient (Wildman–Crippen LogP) is 6.11. The number of aliphatic hydroxyl groups is 7. The van der Waals surface area contributed by atoms with E-state index >= 15 is 0 Å². The van der Waals surface area contributed by atoms with Gasteiger partial charge in [0.1, 0.15) is 36.6 Å². The molecule has 1 saturated heterocycles. The zero-order valence-electron chi connectivity index (χ0n) is 33.5. The maximum absolute atomic E-state index is 13.0. The molecular formula is C42H81NO10. The number of allylic oxidation sites excluding steroid dienone is 2. The van der Waals surface area contributed by atoms with Gasteiger partial charge < -0.3 is 50.5 Å². The predicted molar refractivity (Wildman–Crippen MR) is 210 cm³/mol. The molecule has 0 aliphatic carbocycles. The van der Waals surface area contributed by atoms with E-state index in [0.717, 1.165) is 38.5 Å². The smallest absolute Gasteiger partial charge is 0.249 e. The summed E-state index contributed by atoms with van der Waals surface area (Å²) < 4.78 is 11.0. The van der Waals surface area contributed by atoms with Crippen LogP contribution in [-0.4, -0.2) is 110 Å². The fraction of sp³-hybridized carbons (Fsp3) is 0.929. The largest absolute Gasteiger partial charge is 0.394 e. The Balaban J connectivity index is 2.52. The van der Waals surface area contributed by atoms with Crippen LogP contribution in [0.4, 0.5) is 0 Å². The van der Waals surface area contributed by atoms with Crippen LogP contribution in [0.15, 0.2) is 12.2 Å². The highest BCUT2D eigenvalue weighted by molar-refractivity contribution is 5.80. The molecule has 53 heavy (non-hydrogen) atoms. The van der Waals surface area contributed by atoms with Crippen molar-refractivity contribution in [2.45, 2.75) is 236 Å². The minimum Gasteiger partial charge on any atom is -0.394 e. The lowest BCUT2D eigenvalue weighted by molar-refractivity contribution is -0.303. The Kier molecular flexibility index (Phi) is 31.1. The van der Waals surface area contributed by atoms with Crippen LogP contribution in [0.25, 0.3) is 0 Å². The number of hydrogen-bond donors (Lipinski definition) is 8. The first-order valence-corrected chi connectivity index (χ1v) is 21.6.